The van der Waals surface area contributed by atoms with Crippen LogP contribution in [0.5, 0.6) is 0 Å². The van der Waals surface area contributed by atoms with E-state index in [0.29, 0.717) is 43.2 Å². The number of benzene rings is 1. The van der Waals surface area contributed by atoms with Crippen molar-refractivity contribution in [3.8, 4) is 0 Å². The summed E-state index contributed by atoms with van der Waals surface area (Å²) in [6.45, 7) is 1.86. The van der Waals surface area contributed by atoms with Gasteiger partial charge in [0.1, 0.15) is 24.0 Å². The molecule has 2 aliphatic heterocycles. The predicted molar refractivity (Wildman–Crippen MR) is 177 cm³/mol. The molecule has 3 fully saturated rings. The number of thiocarbonyl (C=S) groups is 1. The number of primary amides is 1. The molecule has 4 amide bonds. The summed E-state index contributed by atoms with van der Waals surface area (Å²) in [7, 11) is -3.63. The first-order chi connectivity index (χ1) is 22.7. The smallest absolute Gasteiger partial charge is 0.410 e. The highest BCUT2D eigenvalue weighted by Crippen LogP contribution is 2.44. The van der Waals surface area contributed by atoms with Crippen LogP contribution in [-0.4, -0.2) is 76.6 Å². The summed E-state index contributed by atoms with van der Waals surface area (Å²) >= 11 is 5.00. The van der Waals surface area contributed by atoms with Crippen molar-refractivity contribution in [2.75, 3.05) is 6.54 Å². The molecular weight excluding hydrogens is 664 g/mol. The Morgan fingerprint density at radius 1 is 1.15 bits per heavy atom. The van der Waals surface area contributed by atoms with Crippen LogP contribution in [0.4, 0.5) is 9.18 Å². The van der Waals surface area contributed by atoms with E-state index in [9.17, 15) is 32.0 Å². The lowest BCUT2D eigenvalue weighted by atomic mass is 10.0. The second kappa shape index (κ2) is 14.4. The molecule has 0 bridgehead atoms. The third-order valence-electron chi connectivity index (χ3n) is 9.70. The summed E-state index contributed by atoms with van der Waals surface area (Å²) in [4.78, 5) is 53.9. The van der Waals surface area contributed by atoms with Gasteiger partial charge in [-0.05, 0) is 75.2 Å². The number of nitrogens with one attached hydrogen (secondary N) is 2. The van der Waals surface area contributed by atoms with Crippen LogP contribution in [0.25, 0.3) is 0 Å². The first-order valence-electron chi connectivity index (χ1n) is 16.3. The lowest BCUT2D eigenvalue weighted by molar-refractivity contribution is -0.139. The molecule has 6 N–H and O–H groups in total. The van der Waals surface area contributed by atoms with Crippen molar-refractivity contribution in [3.63, 3.8) is 0 Å². The molecule has 1 aromatic carbocycles. The number of hydrogen-bond donors (Lipinski definition) is 4. The number of nitrogens with zero attached hydrogens (tertiary/aromatic N) is 2. The van der Waals surface area contributed by atoms with Gasteiger partial charge in [-0.3, -0.25) is 24.0 Å². The summed E-state index contributed by atoms with van der Waals surface area (Å²) in [5, 5.41) is 2.75. The van der Waals surface area contributed by atoms with E-state index < -0.39 is 62.6 Å². The zero-order valence-electron chi connectivity index (χ0n) is 26.9. The van der Waals surface area contributed by atoms with Crippen molar-refractivity contribution in [1.82, 2.24) is 19.8 Å². The Bertz CT molecular complexity index is 1600. The molecule has 1 saturated heterocycles. The van der Waals surface area contributed by atoms with Crippen LogP contribution in [0.3, 0.4) is 0 Å². The van der Waals surface area contributed by atoms with Gasteiger partial charge in [0.25, 0.3) is 0 Å². The number of unbranched alkanes of at least 4 members (excludes halogenated alkanes) is 3. The molecule has 5 rings (SSSR count). The Balaban J connectivity index is 1.05. The number of carbonyl (C=O) groups is 4. The second-order valence-electron chi connectivity index (χ2n) is 13.4. The molecule has 262 valence electrons. The van der Waals surface area contributed by atoms with E-state index in [-0.39, 0.29) is 43.0 Å². The molecule has 0 spiro atoms. The van der Waals surface area contributed by atoms with Crippen LogP contribution in [0.15, 0.2) is 30.4 Å². The van der Waals surface area contributed by atoms with E-state index in [4.69, 9.17) is 28.4 Å². The van der Waals surface area contributed by atoms with E-state index in [2.05, 4.69) is 10.0 Å². The number of sulfonamides is 1. The fourth-order valence-electron chi connectivity index (χ4n) is 6.32. The van der Waals surface area contributed by atoms with E-state index in [0.717, 1.165) is 19.3 Å². The quantitative estimate of drug-likeness (QED) is 0.126. The molecule has 2 aliphatic carbocycles. The summed E-state index contributed by atoms with van der Waals surface area (Å²) in [6, 6.07) is 2.86. The minimum atomic E-state index is -3.63. The fraction of sp³-hybridized carbons (Fsp3) is 0.594. The Morgan fingerprint density at radius 3 is 2.56 bits per heavy atom. The number of fused-ring (bicyclic) bond motifs is 1. The van der Waals surface area contributed by atoms with Gasteiger partial charge in [0.15, 0.2) is 5.11 Å². The predicted octanol–water partition coefficient (Wildman–Crippen LogP) is 2.08. The molecule has 0 unspecified atom stereocenters. The van der Waals surface area contributed by atoms with Gasteiger partial charge in [-0.15, -0.1) is 0 Å². The zero-order chi connectivity index (χ0) is 34.8. The minimum absolute atomic E-state index is 0.0281. The van der Waals surface area contributed by atoms with Crippen LogP contribution < -0.4 is 21.5 Å². The Labute approximate surface area is 285 Å². The van der Waals surface area contributed by atoms with Gasteiger partial charge in [-0.2, -0.15) is 0 Å². The van der Waals surface area contributed by atoms with Crippen LogP contribution in [0.2, 0.25) is 0 Å². The van der Waals surface area contributed by atoms with Crippen LogP contribution >= 0.6 is 12.2 Å². The van der Waals surface area contributed by atoms with Gasteiger partial charge >= 0.3 is 6.09 Å². The summed E-state index contributed by atoms with van der Waals surface area (Å²) < 4.78 is 45.8. The second-order valence-corrected chi connectivity index (χ2v) is 16.1. The molecule has 13 nitrogen and oxygen atoms in total. The fourth-order valence-corrected chi connectivity index (χ4v) is 7.76. The van der Waals surface area contributed by atoms with E-state index in [1.54, 1.807) is 19.1 Å². The number of rotatable bonds is 14. The normalized spacial score (nSPS) is 24.5. The highest BCUT2D eigenvalue weighted by molar-refractivity contribution is 7.91. The molecule has 4 aliphatic rings. The van der Waals surface area contributed by atoms with Crippen molar-refractivity contribution in [1.29, 1.82) is 0 Å². The van der Waals surface area contributed by atoms with E-state index in [1.165, 1.54) is 15.9 Å². The van der Waals surface area contributed by atoms with Crippen LogP contribution in [0.1, 0.15) is 75.8 Å². The SMILES string of the molecule is CC1(S(=O)(=O)NC(=O)[C@H]2C[C@H]2/C=C\CCCCC[C@H](NC(N)=S)C(=O)N2C[C@H](OC(=O)N3Cc4cccc(F)c4C3)C[C@H]2C(N)=O)CC1. The average molecular weight is 707 g/mol. The summed E-state index contributed by atoms with van der Waals surface area (Å²) in [5.74, 6) is -2.29. The van der Waals surface area contributed by atoms with Crippen molar-refractivity contribution in [2.45, 2.75) is 101 Å². The lowest BCUT2D eigenvalue weighted by Crippen LogP contribution is -2.53. The first-order valence-corrected chi connectivity index (χ1v) is 18.2. The highest BCUT2D eigenvalue weighted by Gasteiger charge is 2.52. The van der Waals surface area contributed by atoms with Crippen LogP contribution in [0, 0.1) is 17.7 Å². The van der Waals surface area contributed by atoms with Gasteiger partial charge in [0.05, 0.1) is 17.8 Å². The Hall–Kier alpha value is -3.79. The molecular formula is C32H43FN6O7S2. The van der Waals surface area contributed by atoms with E-state index >= 15 is 0 Å². The molecule has 0 radical (unpaired) electrons. The number of allylic oxidation sites excluding steroid dienone is 2. The van der Waals surface area contributed by atoms with Gasteiger partial charge in [0.2, 0.25) is 27.7 Å². The van der Waals surface area contributed by atoms with Gasteiger partial charge in [-0.1, -0.05) is 37.1 Å². The third kappa shape index (κ3) is 8.25. The maximum absolute atomic E-state index is 14.2. The molecule has 1 aromatic rings. The zero-order valence-corrected chi connectivity index (χ0v) is 28.5. The van der Waals surface area contributed by atoms with Crippen molar-refractivity contribution >= 4 is 51.2 Å². The molecule has 48 heavy (non-hydrogen) atoms. The average Bonchev–Trinajstić information content (AvgIpc) is 3.87. The largest absolute Gasteiger partial charge is 0.444 e. The molecule has 0 aromatic heterocycles. The van der Waals surface area contributed by atoms with Gasteiger partial charge < -0.3 is 26.4 Å². The standard InChI is InChI=1S/C32H43FN6O7S2/c1-32(12-13-32)48(44,45)37-28(41)22-14-19(22)8-5-3-2-4-6-11-25(36-30(35)47)29(42)39-17-21(15-26(39)27(34)40)46-31(43)38-16-20-9-7-10-24(33)23(20)18-38/h5,7-10,19,21-22,25-26H,2-4,6,11-18H2,1H3,(H2,34,40)(H,37,41)(H3,35,36,47)/b8-5-/t19-,21-,22+,25+,26+/m1/s1. The third-order valence-corrected chi connectivity index (χ3v) is 12.0. The van der Waals surface area contributed by atoms with Crippen molar-refractivity contribution in [2.24, 2.45) is 23.3 Å². The Morgan fingerprint density at radius 2 is 1.90 bits per heavy atom. The number of amides is 4. The number of carbonyl (C=O) groups excluding carboxylic acids is 4. The maximum Gasteiger partial charge on any atom is 0.410 e. The highest BCUT2D eigenvalue weighted by atomic mass is 32.2. The number of likely N-dealkylation sites (tertiary alicyclic amines) is 1. The number of nitrogens with two attached hydrogens (primary N) is 2. The molecule has 2 heterocycles. The monoisotopic (exact) mass is 706 g/mol. The van der Waals surface area contributed by atoms with E-state index in [1.807, 2.05) is 12.2 Å². The van der Waals surface area contributed by atoms with Crippen molar-refractivity contribution in [3.05, 3.63) is 47.3 Å². The first kappa shape index (κ1) is 35.5. The van der Waals surface area contributed by atoms with Gasteiger partial charge in [-0.25, -0.2) is 17.6 Å². The van der Waals surface area contributed by atoms with Crippen molar-refractivity contribution < 1.29 is 36.7 Å². The maximum atomic E-state index is 14.2. The number of hydrogen-bond acceptors (Lipinski definition) is 8. The molecule has 16 heteroatoms. The topological polar surface area (TPSA) is 194 Å². The Kier molecular flexibility index (Phi) is 10.6. The minimum Gasteiger partial charge on any atom is -0.444 e. The number of halogens is 1. The van der Waals surface area contributed by atoms with Gasteiger partial charge in [0, 0.05) is 24.4 Å². The lowest BCUT2D eigenvalue weighted by Gasteiger charge is -2.28. The summed E-state index contributed by atoms with van der Waals surface area (Å²) in [6.07, 6.45) is 7.65. The molecule has 2 saturated carbocycles. The molecule has 5 atom stereocenters. The summed E-state index contributed by atoms with van der Waals surface area (Å²) in [5.41, 5.74) is 12.5. The number of ether oxygens (including phenoxy) is 1. The van der Waals surface area contributed by atoms with Crippen LogP contribution in [-0.2, 0) is 42.2 Å².